The molecule has 0 aliphatic carbocycles. The first-order chi connectivity index (χ1) is 10.2. The van der Waals surface area contributed by atoms with Crippen molar-refractivity contribution in [2.24, 2.45) is 0 Å². The molecule has 0 radical (unpaired) electrons. The second kappa shape index (κ2) is 7.09. The van der Waals surface area contributed by atoms with Crippen LogP contribution in [0.1, 0.15) is 21.6 Å². The van der Waals surface area contributed by atoms with Gasteiger partial charge in [0.25, 0.3) is 0 Å². The highest BCUT2D eigenvalue weighted by molar-refractivity contribution is 5.89. The molecule has 110 valence electrons. The van der Waals surface area contributed by atoms with Crippen molar-refractivity contribution >= 4 is 12.0 Å². The second-order valence-electron chi connectivity index (χ2n) is 4.31. The Hall–Kier alpha value is -2.83. The van der Waals surface area contributed by atoms with Crippen molar-refractivity contribution in [2.75, 3.05) is 6.54 Å². The van der Waals surface area contributed by atoms with Crippen LogP contribution in [0.4, 0.5) is 4.79 Å². The van der Waals surface area contributed by atoms with Crippen molar-refractivity contribution in [1.29, 1.82) is 0 Å². The van der Waals surface area contributed by atoms with Crippen molar-refractivity contribution in [1.82, 2.24) is 15.8 Å². The van der Waals surface area contributed by atoms with Gasteiger partial charge in [-0.3, -0.25) is 0 Å². The number of carbonyl (C=O) groups excluding carboxylic acids is 1. The first kappa shape index (κ1) is 14.6. The molecule has 0 unspecified atom stereocenters. The average molecular weight is 289 g/mol. The Morgan fingerprint density at radius 1 is 1.19 bits per heavy atom. The number of aromatic nitrogens is 1. The Labute approximate surface area is 120 Å². The number of carboxylic acids is 1. The molecule has 1 heterocycles. The summed E-state index contributed by atoms with van der Waals surface area (Å²) < 4.78 is 4.64. The maximum atomic E-state index is 11.6. The fraction of sp³-hybridized carbons (Fsp3) is 0.214. The predicted molar refractivity (Wildman–Crippen MR) is 73.8 cm³/mol. The van der Waals surface area contributed by atoms with E-state index in [1.807, 2.05) is 0 Å². The van der Waals surface area contributed by atoms with Gasteiger partial charge in [-0.25, -0.2) is 9.59 Å². The number of benzene rings is 1. The fourth-order valence-electron chi connectivity index (χ4n) is 1.82. The van der Waals surface area contributed by atoms with Crippen LogP contribution in [0.2, 0.25) is 0 Å². The molecule has 0 fully saturated rings. The topological polar surface area (TPSA) is 104 Å². The van der Waals surface area contributed by atoms with E-state index in [4.69, 9.17) is 5.11 Å². The van der Waals surface area contributed by atoms with Crippen molar-refractivity contribution in [3.63, 3.8) is 0 Å². The van der Waals surface area contributed by atoms with Crippen LogP contribution in [0.25, 0.3) is 0 Å². The van der Waals surface area contributed by atoms with Crippen molar-refractivity contribution < 1.29 is 19.2 Å². The van der Waals surface area contributed by atoms with Gasteiger partial charge in [-0.15, -0.1) is 0 Å². The number of carboxylic acid groups (broad SMARTS) is 1. The van der Waals surface area contributed by atoms with Crippen LogP contribution in [0.15, 0.2) is 41.1 Å². The largest absolute Gasteiger partial charge is 0.478 e. The van der Waals surface area contributed by atoms with Crippen LogP contribution in [0.3, 0.4) is 0 Å². The van der Waals surface area contributed by atoms with Gasteiger partial charge in [0.05, 0.1) is 12.1 Å². The van der Waals surface area contributed by atoms with Crippen LogP contribution in [-0.4, -0.2) is 28.8 Å². The Kier molecular flexibility index (Phi) is 4.92. The summed E-state index contributed by atoms with van der Waals surface area (Å²) in [6.45, 7) is 0.614. The standard InChI is InChI=1S/C14H15N3O4/c18-13(19)12-4-2-1-3-10(12)5-7-15-14(20)16-9-11-6-8-21-17-11/h1-4,6,8H,5,7,9H2,(H,18,19)(H2,15,16,20). The second-order valence-corrected chi connectivity index (χ2v) is 4.31. The number of hydrogen-bond donors (Lipinski definition) is 3. The maximum absolute atomic E-state index is 11.6. The number of carbonyl (C=O) groups is 2. The number of amides is 2. The highest BCUT2D eigenvalue weighted by atomic mass is 16.5. The molecule has 2 aromatic rings. The molecule has 7 heteroatoms. The van der Waals surface area contributed by atoms with Gasteiger partial charge in [0, 0.05) is 12.6 Å². The van der Waals surface area contributed by atoms with E-state index in [1.54, 1.807) is 30.3 Å². The SMILES string of the molecule is O=C(NCCc1ccccc1C(=O)O)NCc1ccon1. The van der Waals surface area contributed by atoms with E-state index in [0.29, 0.717) is 24.2 Å². The molecule has 21 heavy (non-hydrogen) atoms. The Morgan fingerprint density at radius 2 is 2.00 bits per heavy atom. The van der Waals surface area contributed by atoms with Crippen molar-refractivity contribution in [2.45, 2.75) is 13.0 Å². The molecular formula is C14H15N3O4. The van der Waals surface area contributed by atoms with Gasteiger partial charge >= 0.3 is 12.0 Å². The molecular weight excluding hydrogens is 274 g/mol. The zero-order valence-electron chi connectivity index (χ0n) is 11.2. The third kappa shape index (κ3) is 4.34. The van der Waals surface area contributed by atoms with E-state index in [9.17, 15) is 9.59 Å². The molecule has 0 saturated heterocycles. The first-order valence-electron chi connectivity index (χ1n) is 6.39. The zero-order chi connectivity index (χ0) is 15.1. The van der Waals surface area contributed by atoms with Gasteiger partial charge in [0.15, 0.2) is 0 Å². The van der Waals surface area contributed by atoms with Gasteiger partial charge in [-0.1, -0.05) is 23.4 Å². The lowest BCUT2D eigenvalue weighted by atomic mass is 10.0. The fourth-order valence-corrected chi connectivity index (χ4v) is 1.82. The molecule has 7 nitrogen and oxygen atoms in total. The van der Waals surface area contributed by atoms with Crippen LogP contribution < -0.4 is 10.6 Å². The van der Waals surface area contributed by atoms with Gasteiger partial charge < -0.3 is 20.3 Å². The van der Waals surface area contributed by atoms with Crippen LogP contribution in [0, 0.1) is 0 Å². The van der Waals surface area contributed by atoms with E-state index < -0.39 is 5.97 Å². The third-order valence-electron chi connectivity index (χ3n) is 2.85. The van der Waals surface area contributed by atoms with Gasteiger partial charge in [0.2, 0.25) is 0 Å². The summed E-state index contributed by atoms with van der Waals surface area (Å²) in [5.41, 5.74) is 1.56. The molecule has 0 atom stereocenters. The zero-order valence-corrected chi connectivity index (χ0v) is 11.2. The van der Waals surface area contributed by atoms with Crippen LogP contribution >= 0.6 is 0 Å². The summed E-state index contributed by atoms with van der Waals surface area (Å²) in [5.74, 6) is -0.971. The summed E-state index contributed by atoms with van der Waals surface area (Å²) in [6, 6.07) is 8.03. The number of nitrogens with one attached hydrogen (secondary N) is 2. The monoisotopic (exact) mass is 289 g/mol. The smallest absolute Gasteiger partial charge is 0.335 e. The molecule has 2 amide bonds. The number of rotatable bonds is 6. The maximum Gasteiger partial charge on any atom is 0.335 e. The number of nitrogens with zero attached hydrogens (tertiary/aromatic N) is 1. The molecule has 0 spiro atoms. The number of aromatic carboxylic acids is 1. The minimum absolute atomic E-state index is 0.252. The molecule has 0 aliphatic rings. The van der Waals surface area contributed by atoms with Crippen LogP contribution in [-0.2, 0) is 13.0 Å². The molecule has 0 aliphatic heterocycles. The van der Waals surface area contributed by atoms with E-state index in [-0.39, 0.29) is 18.1 Å². The molecule has 0 saturated carbocycles. The minimum Gasteiger partial charge on any atom is -0.478 e. The van der Waals surface area contributed by atoms with Gasteiger partial charge in [-0.05, 0) is 18.1 Å². The van der Waals surface area contributed by atoms with Crippen LogP contribution in [0.5, 0.6) is 0 Å². The summed E-state index contributed by atoms with van der Waals surface area (Å²) >= 11 is 0. The number of hydrogen-bond acceptors (Lipinski definition) is 4. The Morgan fingerprint density at radius 3 is 2.71 bits per heavy atom. The first-order valence-corrected chi connectivity index (χ1v) is 6.39. The van der Waals surface area contributed by atoms with E-state index in [1.165, 1.54) is 6.26 Å². The van der Waals surface area contributed by atoms with Gasteiger partial charge in [-0.2, -0.15) is 0 Å². The number of urea groups is 1. The summed E-state index contributed by atoms with van der Waals surface area (Å²) in [6.07, 6.45) is 1.87. The normalized spacial score (nSPS) is 10.1. The highest BCUT2D eigenvalue weighted by Crippen LogP contribution is 2.08. The molecule has 3 N–H and O–H groups in total. The Balaban J connectivity index is 1.76. The summed E-state index contributed by atoms with van der Waals surface area (Å²) in [4.78, 5) is 22.6. The Bertz CT molecular complexity index is 610. The quantitative estimate of drug-likeness (QED) is 0.746. The molecule has 1 aromatic heterocycles. The predicted octanol–water partition coefficient (Wildman–Crippen LogP) is 1.41. The van der Waals surface area contributed by atoms with Gasteiger partial charge in [0.1, 0.15) is 12.0 Å². The summed E-state index contributed by atoms with van der Waals surface area (Å²) in [5, 5.41) is 18.0. The van der Waals surface area contributed by atoms with Crippen molar-refractivity contribution in [3.05, 3.63) is 53.4 Å². The lowest BCUT2D eigenvalue weighted by molar-refractivity contribution is 0.0695. The molecule has 1 aromatic carbocycles. The summed E-state index contributed by atoms with van der Waals surface area (Å²) in [7, 11) is 0. The average Bonchev–Trinajstić information content (AvgIpc) is 2.99. The highest BCUT2D eigenvalue weighted by Gasteiger charge is 2.09. The van der Waals surface area contributed by atoms with E-state index in [0.717, 1.165) is 0 Å². The third-order valence-corrected chi connectivity index (χ3v) is 2.85. The molecule has 2 rings (SSSR count). The lowest BCUT2D eigenvalue weighted by Crippen LogP contribution is -2.36. The van der Waals surface area contributed by atoms with E-state index >= 15 is 0 Å². The minimum atomic E-state index is -0.971. The lowest BCUT2D eigenvalue weighted by Gasteiger charge is -2.08. The van der Waals surface area contributed by atoms with E-state index in [2.05, 4.69) is 20.3 Å². The van der Waals surface area contributed by atoms with Crippen molar-refractivity contribution in [3.8, 4) is 0 Å². The molecule has 0 bridgehead atoms.